The second kappa shape index (κ2) is 51.6. The maximum Gasteiger partial charge on any atom is 0.631 e. The minimum absolute atomic E-state index is 0.243. The summed E-state index contributed by atoms with van der Waals surface area (Å²) >= 11 is 0. The molecule has 0 radical (unpaired) electrons. The van der Waals surface area contributed by atoms with E-state index in [1.54, 1.807) is 0 Å². The Balaban J connectivity index is 0.000000211. The second-order valence-electron chi connectivity index (χ2n) is 37.0. The Bertz CT molecular complexity index is 4380. The molecule has 7 heteroatoms. The van der Waals surface area contributed by atoms with Crippen LogP contribution in [0.1, 0.15) is 309 Å². The van der Waals surface area contributed by atoms with Gasteiger partial charge in [0.15, 0.2) is 0 Å². The molecule has 0 spiro atoms. The van der Waals surface area contributed by atoms with Crippen molar-refractivity contribution in [3.63, 3.8) is 0 Å². The molecular weight excluding hydrogens is 1540 g/mol. The standard InChI is InChI=1S/3C40H51N.BH3O3/c3*1-7-9-25-41(26-10-8-2)39(35-19-11-15-31(3)27-35)23-24-40(36-20-12-16-32(4)28-36,37-21-13-17-33(5)29-37)38-22-14-18-34(6)30-38;2-1(3)4/h3*11-22,27-30,39H,7-10,23-26H2,1-6H3;2-4H. The van der Waals surface area contributed by atoms with Crippen LogP contribution in [-0.2, 0) is 16.2 Å². The number of benzene rings is 12. The molecule has 12 aromatic carbocycles. The van der Waals surface area contributed by atoms with E-state index in [0.29, 0.717) is 18.1 Å². The highest BCUT2D eigenvalue weighted by atomic mass is 16.5. The van der Waals surface area contributed by atoms with Crippen molar-refractivity contribution in [1.82, 2.24) is 14.7 Å². The van der Waals surface area contributed by atoms with E-state index in [1.807, 2.05) is 0 Å². The maximum atomic E-state index is 7.17. The zero-order valence-electron chi connectivity index (χ0n) is 81.2. The predicted molar refractivity (Wildman–Crippen MR) is 546 cm³/mol. The van der Waals surface area contributed by atoms with Gasteiger partial charge in [-0.1, -0.05) is 438 Å². The molecule has 3 N–H and O–H groups in total. The van der Waals surface area contributed by atoms with Crippen LogP contribution in [0.5, 0.6) is 0 Å². The van der Waals surface area contributed by atoms with Crippen LogP contribution in [-0.4, -0.2) is 76.4 Å². The van der Waals surface area contributed by atoms with E-state index in [1.165, 1.54) is 211 Å². The predicted octanol–water partition coefficient (Wildman–Crippen LogP) is 30.0. The number of rotatable bonds is 42. The minimum Gasteiger partial charge on any atom is -0.402 e. The maximum absolute atomic E-state index is 7.17. The fraction of sp³-hybridized carbons (Fsp3) is 0.400. The first-order valence-electron chi connectivity index (χ1n) is 48.4. The summed E-state index contributed by atoms with van der Waals surface area (Å²) in [6.45, 7) is 47.6. The fourth-order valence-electron chi connectivity index (χ4n) is 19.8. The van der Waals surface area contributed by atoms with Crippen molar-refractivity contribution >= 4 is 7.32 Å². The van der Waals surface area contributed by atoms with E-state index in [-0.39, 0.29) is 16.2 Å². The zero-order valence-corrected chi connectivity index (χ0v) is 81.2. The van der Waals surface area contributed by atoms with E-state index in [0.717, 1.165) is 77.8 Å². The zero-order chi connectivity index (χ0) is 91.3. The molecule has 0 heterocycles. The number of hydrogen-bond acceptors (Lipinski definition) is 6. The topological polar surface area (TPSA) is 70.4 Å². The molecule has 0 aromatic heterocycles. The van der Waals surface area contributed by atoms with Crippen molar-refractivity contribution in [1.29, 1.82) is 0 Å². The molecule has 0 amide bonds. The average molecular weight is 1700 g/mol. The Kier molecular flexibility index (Phi) is 41.1. The summed E-state index contributed by atoms with van der Waals surface area (Å²) < 4.78 is 0. The summed E-state index contributed by atoms with van der Waals surface area (Å²) in [5.41, 5.74) is 32.1. The Hall–Kier alpha value is -9.54. The van der Waals surface area contributed by atoms with Crippen molar-refractivity contribution in [3.8, 4) is 0 Å². The monoisotopic (exact) mass is 1700 g/mol. The van der Waals surface area contributed by atoms with Crippen LogP contribution in [0, 0.1) is 83.1 Å². The largest absolute Gasteiger partial charge is 0.631 e. The highest BCUT2D eigenvalue weighted by Crippen LogP contribution is 2.50. The van der Waals surface area contributed by atoms with Crippen molar-refractivity contribution in [3.05, 3.63) is 425 Å². The molecular formula is C120H156BN3O3. The first-order valence-corrected chi connectivity index (χ1v) is 48.4. The summed E-state index contributed by atoms with van der Waals surface area (Å²) in [7, 11) is -2.17. The minimum atomic E-state index is -2.17. The lowest BCUT2D eigenvalue weighted by Crippen LogP contribution is -2.35. The van der Waals surface area contributed by atoms with Gasteiger partial charge in [-0.2, -0.15) is 0 Å². The van der Waals surface area contributed by atoms with Gasteiger partial charge >= 0.3 is 7.32 Å². The van der Waals surface area contributed by atoms with Gasteiger partial charge in [0, 0.05) is 34.4 Å². The van der Waals surface area contributed by atoms with Gasteiger partial charge in [-0.3, -0.25) is 14.7 Å². The summed E-state index contributed by atoms with van der Waals surface area (Å²) in [4.78, 5) is 8.40. The normalized spacial score (nSPS) is 12.4. The van der Waals surface area contributed by atoms with Crippen molar-refractivity contribution < 1.29 is 15.1 Å². The molecule has 0 aliphatic heterocycles. The molecule has 672 valence electrons. The Morgan fingerprint density at radius 1 is 0.213 bits per heavy atom. The molecule has 3 unspecified atom stereocenters. The number of nitrogens with zero attached hydrogens (tertiary/aromatic N) is 3. The highest BCUT2D eigenvalue weighted by molar-refractivity contribution is 6.30. The molecule has 3 atom stereocenters. The molecule has 0 bridgehead atoms. The third-order valence-corrected chi connectivity index (χ3v) is 26.4. The molecule has 12 aromatic rings. The molecule has 127 heavy (non-hydrogen) atoms. The van der Waals surface area contributed by atoms with Gasteiger partial charge in [0.05, 0.1) is 0 Å². The molecule has 0 saturated heterocycles. The van der Waals surface area contributed by atoms with Gasteiger partial charge in [-0.25, -0.2) is 0 Å². The fourth-order valence-corrected chi connectivity index (χ4v) is 19.8. The molecule has 0 aliphatic rings. The molecule has 6 nitrogen and oxygen atoms in total. The van der Waals surface area contributed by atoms with Crippen LogP contribution < -0.4 is 0 Å². The lowest BCUT2D eigenvalue weighted by atomic mass is 9.65. The van der Waals surface area contributed by atoms with Crippen molar-refractivity contribution in [2.75, 3.05) is 39.3 Å². The van der Waals surface area contributed by atoms with E-state index in [9.17, 15) is 0 Å². The Morgan fingerprint density at radius 2 is 0.346 bits per heavy atom. The van der Waals surface area contributed by atoms with Crippen LogP contribution >= 0.6 is 0 Å². The summed E-state index contributed by atoms with van der Waals surface area (Å²) in [5.74, 6) is 0. The summed E-state index contributed by atoms with van der Waals surface area (Å²) in [5, 5.41) is 21.5. The van der Waals surface area contributed by atoms with Crippen LogP contribution in [0.2, 0.25) is 0 Å². The number of hydrogen-bond donors (Lipinski definition) is 3. The molecule has 12 rings (SSSR count). The summed E-state index contributed by atoms with van der Waals surface area (Å²) in [6, 6.07) is 112. The Morgan fingerprint density at radius 3 is 0.472 bits per heavy atom. The van der Waals surface area contributed by atoms with Crippen molar-refractivity contribution in [2.45, 2.75) is 275 Å². The van der Waals surface area contributed by atoms with Gasteiger partial charge in [-0.15, -0.1) is 0 Å². The van der Waals surface area contributed by atoms with E-state index in [4.69, 9.17) is 15.1 Å². The highest BCUT2D eigenvalue weighted by Gasteiger charge is 2.42. The summed E-state index contributed by atoms with van der Waals surface area (Å²) in [6.07, 6.45) is 21.2. The molecule has 0 fully saturated rings. The lowest BCUT2D eigenvalue weighted by molar-refractivity contribution is 0.174. The van der Waals surface area contributed by atoms with Gasteiger partial charge in [0.2, 0.25) is 0 Å². The van der Waals surface area contributed by atoms with Crippen molar-refractivity contribution in [2.24, 2.45) is 0 Å². The van der Waals surface area contributed by atoms with Crippen LogP contribution in [0.15, 0.2) is 291 Å². The number of aryl methyl sites for hydroxylation is 12. The third-order valence-electron chi connectivity index (χ3n) is 26.4. The first kappa shape index (κ1) is 101. The number of unbranched alkanes of at least 4 members (excludes halogenated alkanes) is 6. The van der Waals surface area contributed by atoms with Gasteiger partial charge in [-0.05, 0) is 266 Å². The van der Waals surface area contributed by atoms with Gasteiger partial charge in [0.25, 0.3) is 0 Å². The lowest BCUT2D eigenvalue weighted by Gasteiger charge is -2.40. The molecule has 0 saturated carbocycles. The van der Waals surface area contributed by atoms with Crippen LogP contribution in [0.25, 0.3) is 0 Å². The first-order chi connectivity index (χ1) is 61.3. The van der Waals surface area contributed by atoms with Gasteiger partial charge < -0.3 is 15.1 Å². The average Bonchev–Trinajstić information content (AvgIpc) is 0.757. The van der Waals surface area contributed by atoms with Crippen LogP contribution in [0.4, 0.5) is 0 Å². The SMILES string of the molecule is CCCCN(CCCC)C(CCC(c1cccc(C)c1)(c1cccc(C)c1)c1cccc(C)c1)c1cccc(C)c1.CCCCN(CCCC)C(CCC(c1cccc(C)c1)(c1cccc(C)c1)c1cccc(C)c1)c1cccc(C)c1.CCCCN(CCCC)C(CCC(c1cccc(C)c1)(c1cccc(C)c1)c1cccc(C)c1)c1cccc(C)c1.OB(O)O. The van der Waals surface area contributed by atoms with E-state index < -0.39 is 7.32 Å². The molecule has 0 aliphatic carbocycles. The van der Waals surface area contributed by atoms with E-state index >= 15 is 0 Å². The third kappa shape index (κ3) is 28.7. The smallest absolute Gasteiger partial charge is 0.402 e. The van der Waals surface area contributed by atoms with Crippen LogP contribution in [0.3, 0.4) is 0 Å². The van der Waals surface area contributed by atoms with Gasteiger partial charge in [0.1, 0.15) is 0 Å². The second-order valence-corrected chi connectivity index (χ2v) is 37.0. The van der Waals surface area contributed by atoms with E-state index in [2.05, 4.69) is 431 Å². The Labute approximate surface area is 770 Å². The quantitative estimate of drug-likeness (QED) is 0.0262.